The third kappa shape index (κ3) is 2.35. The van der Waals surface area contributed by atoms with Crippen LogP contribution in [-0.4, -0.2) is 55.1 Å². The Morgan fingerprint density at radius 1 is 1.42 bits per heavy atom. The number of aromatic nitrogens is 2. The zero-order valence-corrected chi connectivity index (χ0v) is 15.5. The number of hydrogen-bond acceptors (Lipinski definition) is 6. The predicted octanol–water partition coefficient (Wildman–Crippen LogP) is 2.26. The van der Waals surface area contributed by atoms with Crippen LogP contribution in [0.5, 0.6) is 5.75 Å². The lowest BCUT2D eigenvalue weighted by molar-refractivity contribution is 0.0846. The van der Waals surface area contributed by atoms with E-state index in [0.717, 1.165) is 33.3 Å². The van der Waals surface area contributed by atoms with Gasteiger partial charge in [-0.3, -0.25) is 9.89 Å². The molecule has 0 bridgehead atoms. The average Bonchev–Trinajstić information content (AvgIpc) is 3.22. The second-order valence-electron chi connectivity index (χ2n) is 7.18. The third-order valence-corrected chi connectivity index (χ3v) is 6.99. The van der Waals surface area contributed by atoms with Gasteiger partial charge in [0.05, 0.1) is 36.3 Å². The molecule has 8 heteroatoms. The highest BCUT2D eigenvalue weighted by molar-refractivity contribution is 7.18. The zero-order chi connectivity index (χ0) is 17.7. The van der Waals surface area contributed by atoms with Crippen molar-refractivity contribution in [2.24, 2.45) is 5.92 Å². The minimum atomic E-state index is 0.00648. The van der Waals surface area contributed by atoms with E-state index in [1.807, 2.05) is 6.20 Å². The molecule has 2 aromatic heterocycles. The Bertz CT molecular complexity index is 815. The number of ether oxygens (including phenoxy) is 2. The standard InChI is InChI=1S/C18H22N4O3S/c1-24-9-12-13(10-3-2-4-10)21-18(23)17-14-15(25-6-5-22(12)14)16(26-17)11-7-19-20-8-11/h7-8,10,12-13H,2-6,9H2,1H3,(H,19,20)(H,21,23). The van der Waals surface area contributed by atoms with E-state index in [2.05, 4.69) is 20.4 Å². The number of nitrogens with one attached hydrogen (secondary N) is 2. The lowest BCUT2D eigenvalue weighted by Gasteiger charge is -2.43. The van der Waals surface area contributed by atoms with Gasteiger partial charge in [0.2, 0.25) is 0 Å². The van der Waals surface area contributed by atoms with Crippen LogP contribution in [0.25, 0.3) is 10.4 Å². The summed E-state index contributed by atoms with van der Waals surface area (Å²) in [4.78, 5) is 17.1. The van der Waals surface area contributed by atoms with Crippen LogP contribution in [0.3, 0.4) is 0 Å². The van der Waals surface area contributed by atoms with Gasteiger partial charge < -0.3 is 19.7 Å². The predicted molar refractivity (Wildman–Crippen MR) is 99.0 cm³/mol. The number of methoxy groups -OCH3 is 1. The Kier molecular flexibility index (Phi) is 3.90. The molecule has 1 amide bonds. The largest absolute Gasteiger partial charge is 0.488 e. The Morgan fingerprint density at radius 3 is 3.00 bits per heavy atom. The molecule has 2 aliphatic heterocycles. The number of nitrogens with zero attached hydrogens (tertiary/aromatic N) is 2. The smallest absolute Gasteiger partial charge is 0.263 e. The van der Waals surface area contributed by atoms with E-state index in [4.69, 9.17) is 9.47 Å². The summed E-state index contributed by atoms with van der Waals surface area (Å²) in [6, 6.07) is 0.254. The fourth-order valence-electron chi connectivity index (χ4n) is 4.31. The molecule has 2 aromatic rings. The van der Waals surface area contributed by atoms with Gasteiger partial charge in [-0.15, -0.1) is 11.3 Å². The first kappa shape index (κ1) is 16.1. The average molecular weight is 374 g/mol. The molecule has 2 unspecified atom stereocenters. The fourth-order valence-corrected chi connectivity index (χ4v) is 5.45. The quantitative estimate of drug-likeness (QED) is 0.858. The van der Waals surface area contributed by atoms with E-state index in [1.54, 1.807) is 13.3 Å². The van der Waals surface area contributed by atoms with Gasteiger partial charge in [-0.25, -0.2) is 0 Å². The zero-order valence-electron chi connectivity index (χ0n) is 14.7. The molecule has 0 spiro atoms. The van der Waals surface area contributed by atoms with Crippen molar-refractivity contribution < 1.29 is 14.3 Å². The molecular formula is C18H22N4O3S. The van der Waals surface area contributed by atoms with E-state index in [1.165, 1.54) is 30.6 Å². The number of H-pyrrole nitrogens is 1. The first-order valence-electron chi connectivity index (χ1n) is 9.13. The summed E-state index contributed by atoms with van der Waals surface area (Å²) in [6.45, 7) is 1.98. The molecule has 0 radical (unpaired) electrons. The summed E-state index contributed by atoms with van der Waals surface area (Å²) in [5.74, 6) is 1.35. The highest BCUT2D eigenvalue weighted by Crippen LogP contribution is 2.51. The highest BCUT2D eigenvalue weighted by atomic mass is 32.1. The normalized spacial score (nSPS) is 25.1. The highest BCUT2D eigenvalue weighted by Gasteiger charge is 2.45. The molecular weight excluding hydrogens is 352 g/mol. The van der Waals surface area contributed by atoms with Crippen LogP contribution in [0.15, 0.2) is 12.4 Å². The van der Waals surface area contributed by atoms with Crippen LogP contribution in [0, 0.1) is 5.92 Å². The van der Waals surface area contributed by atoms with Gasteiger partial charge in [0, 0.05) is 18.9 Å². The number of carbonyl (C=O) groups excluding carboxylic acids is 1. The van der Waals surface area contributed by atoms with Gasteiger partial charge in [-0.1, -0.05) is 6.42 Å². The summed E-state index contributed by atoms with van der Waals surface area (Å²) in [5, 5.41) is 10.2. The first-order chi connectivity index (χ1) is 12.8. The number of rotatable bonds is 4. The molecule has 0 aromatic carbocycles. The molecule has 1 saturated carbocycles. The number of anilines is 1. The molecule has 1 fully saturated rings. The summed E-state index contributed by atoms with van der Waals surface area (Å²) < 4.78 is 11.6. The Morgan fingerprint density at radius 2 is 2.31 bits per heavy atom. The van der Waals surface area contributed by atoms with Crippen molar-refractivity contribution in [3.63, 3.8) is 0 Å². The maximum atomic E-state index is 13.1. The Labute approximate surface area is 155 Å². The number of aromatic amines is 1. The van der Waals surface area contributed by atoms with Gasteiger partial charge in [0.1, 0.15) is 17.2 Å². The maximum Gasteiger partial charge on any atom is 0.263 e. The molecule has 138 valence electrons. The molecule has 5 rings (SSSR count). The van der Waals surface area contributed by atoms with Gasteiger partial charge >= 0.3 is 0 Å². The van der Waals surface area contributed by atoms with Crippen molar-refractivity contribution in [2.75, 3.05) is 31.8 Å². The van der Waals surface area contributed by atoms with Crippen molar-refractivity contribution in [1.29, 1.82) is 0 Å². The van der Waals surface area contributed by atoms with Crippen molar-refractivity contribution in [1.82, 2.24) is 15.5 Å². The second-order valence-corrected chi connectivity index (χ2v) is 8.20. The van der Waals surface area contributed by atoms with Crippen LogP contribution in [0.4, 0.5) is 5.69 Å². The van der Waals surface area contributed by atoms with Gasteiger partial charge in [-0.05, 0) is 18.8 Å². The van der Waals surface area contributed by atoms with E-state index < -0.39 is 0 Å². The molecule has 7 nitrogen and oxygen atoms in total. The van der Waals surface area contributed by atoms with E-state index in [-0.39, 0.29) is 18.0 Å². The van der Waals surface area contributed by atoms with Crippen LogP contribution < -0.4 is 15.0 Å². The molecule has 0 saturated heterocycles. The van der Waals surface area contributed by atoms with Crippen molar-refractivity contribution >= 4 is 22.9 Å². The molecule has 3 aliphatic rings. The lowest BCUT2D eigenvalue weighted by atomic mass is 9.76. The molecule has 26 heavy (non-hydrogen) atoms. The second kappa shape index (κ2) is 6.28. The number of carbonyl (C=O) groups is 1. The van der Waals surface area contributed by atoms with Gasteiger partial charge in [0.25, 0.3) is 5.91 Å². The first-order valence-corrected chi connectivity index (χ1v) is 9.94. The summed E-state index contributed by atoms with van der Waals surface area (Å²) in [5.41, 5.74) is 1.88. The van der Waals surface area contributed by atoms with E-state index in [9.17, 15) is 4.79 Å². The fraction of sp³-hybridized carbons (Fsp3) is 0.556. The van der Waals surface area contributed by atoms with Crippen LogP contribution in [-0.2, 0) is 4.74 Å². The Hall–Kier alpha value is -2.06. The summed E-state index contributed by atoms with van der Waals surface area (Å²) >= 11 is 1.49. The summed E-state index contributed by atoms with van der Waals surface area (Å²) in [6.07, 6.45) is 7.21. The van der Waals surface area contributed by atoms with Gasteiger partial charge in [-0.2, -0.15) is 5.10 Å². The maximum absolute atomic E-state index is 13.1. The SMILES string of the molecule is COCC1C(C2CCC2)NC(=O)c2sc(-c3cn[nH]c3)c3c2N1CCO3. The van der Waals surface area contributed by atoms with Crippen molar-refractivity contribution in [3.8, 4) is 16.2 Å². The van der Waals surface area contributed by atoms with Crippen LogP contribution in [0.2, 0.25) is 0 Å². The van der Waals surface area contributed by atoms with Crippen molar-refractivity contribution in [3.05, 3.63) is 17.3 Å². The number of hydrogen-bond donors (Lipinski definition) is 2. The molecule has 4 heterocycles. The van der Waals surface area contributed by atoms with Crippen LogP contribution >= 0.6 is 11.3 Å². The van der Waals surface area contributed by atoms with E-state index >= 15 is 0 Å². The minimum absolute atomic E-state index is 0.00648. The molecule has 2 atom stereocenters. The molecule has 2 N–H and O–H groups in total. The van der Waals surface area contributed by atoms with Crippen LogP contribution in [0.1, 0.15) is 28.9 Å². The van der Waals surface area contributed by atoms with Gasteiger partial charge in [0.15, 0.2) is 5.75 Å². The lowest BCUT2D eigenvalue weighted by Crippen LogP contribution is -2.57. The number of thiophene rings is 1. The van der Waals surface area contributed by atoms with Crippen molar-refractivity contribution in [2.45, 2.75) is 31.3 Å². The monoisotopic (exact) mass is 374 g/mol. The number of amides is 1. The van der Waals surface area contributed by atoms with E-state index in [0.29, 0.717) is 19.1 Å². The topological polar surface area (TPSA) is 79.5 Å². The third-order valence-electron chi connectivity index (χ3n) is 5.78. The summed E-state index contributed by atoms with van der Waals surface area (Å²) in [7, 11) is 1.73. The molecule has 1 aliphatic carbocycles. The minimum Gasteiger partial charge on any atom is -0.488 e. The Balaban J connectivity index is 1.63.